The van der Waals surface area contributed by atoms with Gasteiger partial charge in [-0.15, -0.1) is 0 Å². The van der Waals surface area contributed by atoms with Crippen LogP contribution >= 0.6 is 23.2 Å². The molecule has 0 aliphatic rings. The first-order chi connectivity index (χ1) is 9.88. The van der Waals surface area contributed by atoms with Crippen molar-refractivity contribution < 1.29 is 9.53 Å². The van der Waals surface area contributed by atoms with Gasteiger partial charge in [-0.05, 0) is 43.7 Å². The van der Waals surface area contributed by atoms with Crippen LogP contribution in [0.15, 0.2) is 36.4 Å². The van der Waals surface area contributed by atoms with Gasteiger partial charge in [0.05, 0.1) is 17.4 Å². The predicted octanol–water partition coefficient (Wildman–Crippen LogP) is 4.81. The zero-order chi connectivity index (χ0) is 15.6. The van der Waals surface area contributed by atoms with Crippen molar-refractivity contribution in [3.05, 3.63) is 52.0 Å². The molecule has 2 aromatic carbocycles. The van der Waals surface area contributed by atoms with Crippen LogP contribution in [0, 0.1) is 0 Å². The first kappa shape index (κ1) is 15.7. The molecule has 5 heteroatoms. The minimum absolute atomic E-state index is 0.227. The largest absolute Gasteiger partial charge is 0.459 e. The van der Waals surface area contributed by atoms with E-state index >= 15 is 0 Å². The SMILES string of the molecule is CC(C)OC(=O)c1cc(Cl)cc(-c2ccc(Cl)cc2)c1N. The molecule has 0 saturated carbocycles. The molecule has 3 nitrogen and oxygen atoms in total. The number of halogens is 2. The molecule has 0 aliphatic carbocycles. The molecule has 0 saturated heterocycles. The fraction of sp³-hybridized carbons (Fsp3) is 0.188. The fourth-order valence-electron chi connectivity index (χ4n) is 1.93. The minimum atomic E-state index is -0.486. The Bertz CT molecular complexity index is 667. The Morgan fingerprint density at radius 2 is 1.71 bits per heavy atom. The van der Waals surface area contributed by atoms with E-state index in [1.165, 1.54) is 6.07 Å². The van der Waals surface area contributed by atoms with Crippen molar-refractivity contribution in [1.82, 2.24) is 0 Å². The summed E-state index contributed by atoms with van der Waals surface area (Å²) in [4.78, 5) is 12.1. The van der Waals surface area contributed by atoms with Gasteiger partial charge in [-0.3, -0.25) is 0 Å². The van der Waals surface area contributed by atoms with Gasteiger partial charge in [-0.25, -0.2) is 4.79 Å². The van der Waals surface area contributed by atoms with Crippen molar-refractivity contribution in [2.24, 2.45) is 0 Å². The molecule has 0 radical (unpaired) electrons. The number of rotatable bonds is 3. The molecular weight excluding hydrogens is 309 g/mol. The summed E-state index contributed by atoms with van der Waals surface area (Å²) in [6.07, 6.45) is -0.227. The summed E-state index contributed by atoms with van der Waals surface area (Å²) < 4.78 is 5.18. The number of nitrogen functional groups attached to an aromatic ring is 1. The molecule has 0 aliphatic heterocycles. The van der Waals surface area contributed by atoms with E-state index in [2.05, 4.69) is 0 Å². The number of esters is 1. The Balaban J connectivity index is 2.51. The highest BCUT2D eigenvalue weighted by Gasteiger charge is 2.17. The van der Waals surface area contributed by atoms with Crippen LogP contribution in [0.3, 0.4) is 0 Å². The third-order valence-corrected chi connectivity index (χ3v) is 3.33. The molecular formula is C16H15Cl2NO2. The Morgan fingerprint density at radius 1 is 1.10 bits per heavy atom. The minimum Gasteiger partial charge on any atom is -0.459 e. The molecule has 2 N–H and O–H groups in total. The third kappa shape index (κ3) is 3.69. The van der Waals surface area contributed by atoms with Gasteiger partial charge in [-0.2, -0.15) is 0 Å². The topological polar surface area (TPSA) is 52.3 Å². The van der Waals surface area contributed by atoms with Crippen LogP contribution in [0.25, 0.3) is 11.1 Å². The van der Waals surface area contributed by atoms with E-state index in [0.29, 0.717) is 21.3 Å². The molecule has 0 bridgehead atoms. The van der Waals surface area contributed by atoms with Crippen LogP contribution in [-0.2, 0) is 4.74 Å². The standard InChI is InChI=1S/C16H15Cl2NO2/c1-9(2)21-16(20)14-8-12(18)7-13(15(14)19)10-3-5-11(17)6-4-10/h3-9H,19H2,1-2H3. The Hall–Kier alpha value is -1.71. The average molecular weight is 324 g/mol. The van der Waals surface area contributed by atoms with Gasteiger partial charge in [0.15, 0.2) is 0 Å². The van der Waals surface area contributed by atoms with Crippen LogP contribution < -0.4 is 5.73 Å². The maximum atomic E-state index is 12.1. The zero-order valence-electron chi connectivity index (χ0n) is 11.7. The number of carbonyl (C=O) groups excluding carboxylic acids is 1. The van der Waals surface area contributed by atoms with Crippen LogP contribution in [0.1, 0.15) is 24.2 Å². The van der Waals surface area contributed by atoms with Crippen molar-refractivity contribution in [3.63, 3.8) is 0 Å². The molecule has 0 unspecified atom stereocenters. The van der Waals surface area contributed by atoms with Gasteiger partial charge < -0.3 is 10.5 Å². The summed E-state index contributed by atoms with van der Waals surface area (Å²) in [5.41, 5.74) is 8.22. The zero-order valence-corrected chi connectivity index (χ0v) is 13.2. The quantitative estimate of drug-likeness (QED) is 0.651. The maximum Gasteiger partial charge on any atom is 0.340 e. The molecule has 2 rings (SSSR count). The lowest BCUT2D eigenvalue weighted by Gasteiger charge is -2.13. The Kier molecular flexibility index (Phi) is 4.76. The van der Waals surface area contributed by atoms with E-state index in [4.69, 9.17) is 33.7 Å². The Labute approximate surface area is 133 Å². The molecule has 2 aromatic rings. The van der Waals surface area contributed by atoms with Gasteiger partial charge in [0.25, 0.3) is 0 Å². The number of hydrogen-bond donors (Lipinski definition) is 1. The molecule has 0 amide bonds. The number of ether oxygens (including phenoxy) is 1. The van der Waals surface area contributed by atoms with E-state index in [1.54, 1.807) is 32.0 Å². The van der Waals surface area contributed by atoms with Crippen LogP contribution in [0.2, 0.25) is 10.0 Å². The second-order valence-corrected chi connectivity index (χ2v) is 5.75. The van der Waals surface area contributed by atoms with E-state index in [9.17, 15) is 4.79 Å². The van der Waals surface area contributed by atoms with E-state index in [0.717, 1.165) is 5.56 Å². The lowest BCUT2D eigenvalue weighted by Crippen LogP contribution is -2.14. The Morgan fingerprint density at radius 3 is 2.29 bits per heavy atom. The van der Waals surface area contributed by atoms with Crippen LogP contribution in [-0.4, -0.2) is 12.1 Å². The van der Waals surface area contributed by atoms with Crippen molar-refractivity contribution >= 4 is 34.9 Å². The summed E-state index contributed by atoms with van der Waals surface area (Å²) in [6, 6.07) is 10.4. The van der Waals surface area contributed by atoms with Gasteiger partial charge in [0.2, 0.25) is 0 Å². The smallest absolute Gasteiger partial charge is 0.340 e. The van der Waals surface area contributed by atoms with Crippen molar-refractivity contribution in [2.75, 3.05) is 5.73 Å². The molecule has 0 spiro atoms. The number of nitrogens with two attached hydrogens (primary N) is 1. The maximum absolute atomic E-state index is 12.1. The fourth-order valence-corrected chi connectivity index (χ4v) is 2.28. The first-order valence-corrected chi connectivity index (χ1v) is 7.20. The summed E-state index contributed by atoms with van der Waals surface area (Å²) in [6.45, 7) is 3.55. The van der Waals surface area contributed by atoms with Crippen LogP contribution in [0.4, 0.5) is 5.69 Å². The monoisotopic (exact) mass is 323 g/mol. The lowest BCUT2D eigenvalue weighted by molar-refractivity contribution is 0.0379. The third-order valence-electron chi connectivity index (χ3n) is 2.86. The second kappa shape index (κ2) is 6.37. The van der Waals surface area contributed by atoms with Gasteiger partial charge >= 0.3 is 5.97 Å². The number of anilines is 1. The molecule has 0 atom stereocenters. The normalized spacial score (nSPS) is 10.7. The first-order valence-electron chi connectivity index (χ1n) is 6.44. The number of carbonyl (C=O) groups is 1. The van der Waals surface area contributed by atoms with Crippen molar-refractivity contribution in [1.29, 1.82) is 0 Å². The molecule has 0 fully saturated rings. The number of hydrogen-bond acceptors (Lipinski definition) is 3. The predicted molar refractivity (Wildman–Crippen MR) is 86.9 cm³/mol. The van der Waals surface area contributed by atoms with E-state index < -0.39 is 5.97 Å². The van der Waals surface area contributed by atoms with Gasteiger partial charge in [0.1, 0.15) is 0 Å². The molecule has 0 aromatic heterocycles. The van der Waals surface area contributed by atoms with Gasteiger partial charge in [-0.1, -0.05) is 35.3 Å². The molecule has 21 heavy (non-hydrogen) atoms. The second-order valence-electron chi connectivity index (χ2n) is 4.88. The average Bonchev–Trinajstić information content (AvgIpc) is 2.41. The highest BCUT2D eigenvalue weighted by atomic mass is 35.5. The van der Waals surface area contributed by atoms with E-state index in [-0.39, 0.29) is 11.7 Å². The van der Waals surface area contributed by atoms with Crippen molar-refractivity contribution in [2.45, 2.75) is 20.0 Å². The van der Waals surface area contributed by atoms with Crippen molar-refractivity contribution in [3.8, 4) is 11.1 Å². The molecule has 0 heterocycles. The summed E-state index contributed by atoms with van der Waals surface area (Å²) in [5.74, 6) is -0.486. The molecule has 110 valence electrons. The van der Waals surface area contributed by atoms with E-state index in [1.807, 2.05) is 12.1 Å². The highest BCUT2D eigenvalue weighted by molar-refractivity contribution is 6.32. The lowest BCUT2D eigenvalue weighted by atomic mass is 10.0. The summed E-state index contributed by atoms with van der Waals surface area (Å²) in [7, 11) is 0. The number of benzene rings is 2. The van der Waals surface area contributed by atoms with Gasteiger partial charge in [0, 0.05) is 15.6 Å². The highest BCUT2D eigenvalue weighted by Crippen LogP contribution is 2.33. The van der Waals surface area contributed by atoms with Crippen LogP contribution in [0.5, 0.6) is 0 Å². The summed E-state index contributed by atoms with van der Waals surface area (Å²) >= 11 is 12.0. The summed E-state index contributed by atoms with van der Waals surface area (Å²) in [5, 5.41) is 1.05.